The molecule has 5 nitrogen and oxygen atoms in total. The topological polar surface area (TPSA) is 81.8 Å². The van der Waals surface area contributed by atoms with Crippen LogP contribution in [0.2, 0.25) is 0 Å². The molecule has 0 aliphatic heterocycles. The van der Waals surface area contributed by atoms with Crippen molar-refractivity contribution in [3.8, 4) is 5.75 Å². The third-order valence-electron chi connectivity index (χ3n) is 2.70. The highest BCUT2D eigenvalue weighted by Crippen LogP contribution is 2.30. The van der Waals surface area contributed by atoms with E-state index in [2.05, 4.69) is 0 Å². The minimum absolute atomic E-state index is 0.0160. The molecule has 0 heterocycles. The second-order valence-corrected chi connectivity index (χ2v) is 6.34. The maximum atomic E-state index is 13.7. The normalized spacial score (nSPS) is 15.6. The summed E-state index contributed by atoms with van der Waals surface area (Å²) in [7, 11) is 0. The standard InChI is InChI=1S/C15H19F4NO4/c1-7(21)6-15(20,13(22)24-14(2,3)4)23-12-10(18)8(16)5-9(17)11(12)19/h5,7,21H,6,20H2,1-4H3. The predicted octanol–water partition coefficient (Wildman–Crippen LogP) is 2.39. The lowest BCUT2D eigenvalue weighted by molar-refractivity contribution is -0.176. The van der Waals surface area contributed by atoms with E-state index in [1.54, 1.807) is 0 Å². The summed E-state index contributed by atoms with van der Waals surface area (Å²) < 4.78 is 63.7. The molecule has 1 aromatic carbocycles. The van der Waals surface area contributed by atoms with Crippen LogP contribution in [-0.4, -0.2) is 28.5 Å². The molecule has 1 aromatic rings. The molecule has 0 aliphatic rings. The predicted molar refractivity (Wildman–Crippen MR) is 76.0 cm³/mol. The number of ether oxygens (including phenoxy) is 2. The Morgan fingerprint density at radius 1 is 1.21 bits per heavy atom. The minimum atomic E-state index is -2.57. The summed E-state index contributed by atoms with van der Waals surface area (Å²) >= 11 is 0. The fourth-order valence-corrected chi connectivity index (χ4v) is 1.79. The molecule has 2 atom stereocenters. The second-order valence-electron chi connectivity index (χ2n) is 6.34. The summed E-state index contributed by atoms with van der Waals surface area (Å²) in [6.45, 7) is 5.72. The van der Waals surface area contributed by atoms with Gasteiger partial charge in [-0.05, 0) is 27.7 Å². The zero-order chi connectivity index (χ0) is 18.9. The molecule has 0 amide bonds. The van der Waals surface area contributed by atoms with Crippen molar-refractivity contribution in [3.63, 3.8) is 0 Å². The molecule has 3 N–H and O–H groups in total. The number of hydrogen-bond donors (Lipinski definition) is 2. The largest absolute Gasteiger partial charge is 0.456 e. The molecule has 24 heavy (non-hydrogen) atoms. The van der Waals surface area contributed by atoms with Crippen LogP contribution in [0.5, 0.6) is 5.75 Å². The van der Waals surface area contributed by atoms with Crippen molar-refractivity contribution in [2.45, 2.75) is 51.5 Å². The van der Waals surface area contributed by atoms with Crippen LogP contribution in [0.25, 0.3) is 0 Å². The van der Waals surface area contributed by atoms with Crippen LogP contribution >= 0.6 is 0 Å². The Morgan fingerprint density at radius 2 is 1.67 bits per heavy atom. The first-order chi connectivity index (χ1) is 10.8. The first kappa shape index (κ1) is 20.2. The maximum absolute atomic E-state index is 13.7. The number of hydrogen-bond acceptors (Lipinski definition) is 5. The van der Waals surface area contributed by atoms with E-state index in [-0.39, 0.29) is 6.07 Å². The van der Waals surface area contributed by atoms with Crippen LogP contribution in [-0.2, 0) is 9.53 Å². The van der Waals surface area contributed by atoms with Crippen molar-refractivity contribution in [2.75, 3.05) is 0 Å². The van der Waals surface area contributed by atoms with Crippen molar-refractivity contribution in [2.24, 2.45) is 5.73 Å². The number of aliphatic hydroxyl groups excluding tert-OH is 1. The summed E-state index contributed by atoms with van der Waals surface area (Å²) in [5.41, 5.74) is 2.08. The minimum Gasteiger partial charge on any atom is -0.456 e. The Balaban J connectivity index is 3.32. The molecule has 0 aromatic heterocycles. The number of rotatable bonds is 5. The highest BCUT2D eigenvalue weighted by molar-refractivity contribution is 5.79. The molecular formula is C15H19F4NO4. The third-order valence-corrected chi connectivity index (χ3v) is 2.70. The summed E-state index contributed by atoms with van der Waals surface area (Å²) in [4.78, 5) is 12.2. The van der Waals surface area contributed by atoms with Gasteiger partial charge in [-0.3, -0.25) is 5.73 Å². The third kappa shape index (κ3) is 4.81. The molecule has 0 saturated heterocycles. The number of carbonyl (C=O) groups is 1. The Hall–Kier alpha value is -1.87. The molecule has 9 heteroatoms. The molecule has 0 fully saturated rings. The van der Waals surface area contributed by atoms with Crippen LogP contribution in [0.4, 0.5) is 17.6 Å². The number of esters is 1. The molecule has 1 rings (SSSR count). The van der Waals surface area contributed by atoms with Gasteiger partial charge < -0.3 is 14.6 Å². The van der Waals surface area contributed by atoms with Gasteiger partial charge in [0.05, 0.1) is 6.10 Å². The Morgan fingerprint density at radius 3 is 2.04 bits per heavy atom. The van der Waals surface area contributed by atoms with Crippen LogP contribution in [0.1, 0.15) is 34.1 Å². The van der Waals surface area contributed by atoms with Gasteiger partial charge in [0, 0.05) is 12.5 Å². The van der Waals surface area contributed by atoms with Gasteiger partial charge in [-0.25, -0.2) is 13.6 Å². The van der Waals surface area contributed by atoms with Crippen LogP contribution < -0.4 is 10.5 Å². The lowest BCUT2D eigenvalue weighted by Gasteiger charge is -2.32. The Kier molecular flexibility index (Phi) is 5.83. The Labute approximate surface area is 136 Å². The fraction of sp³-hybridized carbons (Fsp3) is 0.533. The molecule has 2 unspecified atom stereocenters. The summed E-state index contributed by atoms with van der Waals surface area (Å²) in [5.74, 6) is -9.96. The highest BCUT2D eigenvalue weighted by atomic mass is 19.2. The van der Waals surface area contributed by atoms with Gasteiger partial charge in [0.2, 0.25) is 11.6 Å². The van der Waals surface area contributed by atoms with Crippen LogP contribution in [0.3, 0.4) is 0 Å². The van der Waals surface area contributed by atoms with Crippen molar-refractivity contribution in [1.29, 1.82) is 0 Å². The molecule has 0 radical (unpaired) electrons. The van der Waals surface area contributed by atoms with Gasteiger partial charge in [0.15, 0.2) is 17.4 Å². The Bertz CT molecular complexity index is 605. The van der Waals surface area contributed by atoms with E-state index in [0.29, 0.717) is 0 Å². The van der Waals surface area contributed by atoms with E-state index >= 15 is 0 Å². The van der Waals surface area contributed by atoms with Gasteiger partial charge in [0.25, 0.3) is 5.72 Å². The van der Waals surface area contributed by atoms with E-state index in [9.17, 15) is 27.5 Å². The van der Waals surface area contributed by atoms with Crippen LogP contribution in [0, 0.1) is 23.3 Å². The smallest absolute Gasteiger partial charge is 0.366 e. The lowest BCUT2D eigenvalue weighted by atomic mass is 10.1. The number of benzene rings is 1. The average molecular weight is 353 g/mol. The summed E-state index contributed by atoms with van der Waals surface area (Å²) in [6.07, 6.45) is -1.88. The van der Waals surface area contributed by atoms with Gasteiger partial charge >= 0.3 is 5.97 Å². The van der Waals surface area contributed by atoms with Gasteiger partial charge in [-0.2, -0.15) is 8.78 Å². The first-order valence-corrected chi connectivity index (χ1v) is 6.99. The zero-order valence-electron chi connectivity index (χ0n) is 13.6. The molecule has 0 saturated carbocycles. The van der Waals surface area contributed by atoms with Gasteiger partial charge in [-0.15, -0.1) is 0 Å². The van der Waals surface area contributed by atoms with E-state index in [0.717, 1.165) is 0 Å². The number of nitrogens with two attached hydrogens (primary N) is 1. The van der Waals surface area contributed by atoms with Crippen molar-refractivity contribution in [3.05, 3.63) is 29.3 Å². The summed E-state index contributed by atoms with van der Waals surface area (Å²) in [6, 6.07) is -0.0160. The monoisotopic (exact) mass is 353 g/mol. The zero-order valence-corrected chi connectivity index (χ0v) is 13.6. The van der Waals surface area contributed by atoms with Gasteiger partial charge in [0.1, 0.15) is 5.60 Å². The van der Waals surface area contributed by atoms with E-state index in [4.69, 9.17) is 15.2 Å². The average Bonchev–Trinajstić information content (AvgIpc) is 2.38. The van der Waals surface area contributed by atoms with E-state index < -0.39 is 58.8 Å². The number of carbonyl (C=O) groups excluding carboxylic acids is 1. The maximum Gasteiger partial charge on any atom is 0.366 e. The molecule has 0 bridgehead atoms. The summed E-state index contributed by atoms with van der Waals surface area (Å²) in [5, 5.41) is 9.46. The number of aliphatic hydroxyl groups is 1. The second kappa shape index (κ2) is 6.94. The van der Waals surface area contributed by atoms with Gasteiger partial charge in [-0.1, -0.05) is 0 Å². The molecule has 136 valence electrons. The van der Waals surface area contributed by atoms with E-state index in [1.807, 2.05) is 0 Å². The highest BCUT2D eigenvalue weighted by Gasteiger charge is 2.43. The van der Waals surface area contributed by atoms with Crippen molar-refractivity contribution < 1.29 is 36.9 Å². The van der Waals surface area contributed by atoms with Crippen molar-refractivity contribution >= 4 is 5.97 Å². The number of halogens is 4. The first-order valence-electron chi connectivity index (χ1n) is 6.99. The van der Waals surface area contributed by atoms with Crippen LogP contribution in [0.15, 0.2) is 6.07 Å². The quantitative estimate of drug-likeness (QED) is 0.368. The lowest BCUT2D eigenvalue weighted by Crippen LogP contribution is -2.57. The fourth-order valence-electron chi connectivity index (χ4n) is 1.79. The molecular weight excluding hydrogens is 334 g/mol. The molecule has 0 spiro atoms. The van der Waals surface area contributed by atoms with Crippen molar-refractivity contribution in [1.82, 2.24) is 0 Å². The van der Waals surface area contributed by atoms with E-state index in [1.165, 1.54) is 27.7 Å². The molecule has 0 aliphatic carbocycles. The SMILES string of the molecule is CC(O)CC(N)(Oc1c(F)c(F)cc(F)c1F)C(=O)OC(C)(C)C.